The van der Waals surface area contributed by atoms with E-state index in [4.69, 9.17) is 0 Å². The second-order valence-electron chi connectivity index (χ2n) is 4.88. The van der Waals surface area contributed by atoms with Gasteiger partial charge in [-0.1, -0.05) is 30.3 Å². The summed E-state index contributed by atoms with van der Waals surface area (Å²) in [6, 6.07) is 11.3. The van der Waals surface area contributed by atoms with Crippen LogP contribution < -0.4 is 5.32 Å². The number of imidazole rings is 1. The lowest BCUT2D eigenvalue weighted by molar-refractivity contribution is 0.453. The van der Waals surface area contributed by atoms with E-state index >= 15 is 0 Å². The molecule has 18 heavy (non-hydrogen) atoms. The highest BCUT2D eigenvalue weighted by molar-refractivity contribution is 5.15. The van der Waals surface area contributed by atoms with Crippen LogP contribution in [-0.4, -0.2) is 15.6 Å². The SMILES string of the molecule is CC(Cc1ccccc1)NC(C)c1nccn1C. The number of hydrogen-bond donors (Lipinski definition) is 1. The Hall–Kier alpha value is -1.61. The molecule has 0 bridgehead atoms. The molecule has 1 aromatic heterocycles. The molecule has 0 saturated carbocycles. The van der Waals surface area contributed by atoms with E-state index in [9.17, 15) is 0 Å². The lowest BCUT2D eigenvalue weighted by Crippen LogP contribution is -2.32. The third kappa shape index (κ3) is 3.20. The van der Waals surface area contributed by atoms with Gasteiger partial charge in [0.25, 0.3) is 0 Å². The van der Waals surface area contributed by atoms with Gasteiger partial charge in [-0.25, -0.2) is 4.98 Å². The van der Waals surface area contributed by atoms with Crippen molar-refractivity contribution in [2.75, 3.05) is 0 Å². The van der Waals surface area contributed by atoms with Crippen LogP contribution in [0.25, 0.3) is 0 Å². The van der Waals surface area contributed by atoms with E-state index in [1.165, 1.54) is 5.56 Å². The van der Waals surface area contributed by atoms with Gasteiger partial charge in [0.2, 0.25) is 0 Å². The molecule has 1 heterocycles. The van der Waals surface area contributed by atoms with E-state index in [1.807, 2.05) is 19.4 Å². The van der Waals surface area contributed by atoms with Crippen LogP contribution in [0.2, 0.25) is 0 Å². The third-order valence-electron chi connectivity index (χ3n) is 3.16. The lowest BCUT2D eigenvalue weighted by atomic mass is 10.1. The molecule has 1 N–H and O–H groups in total. The Labute approximate surface area is 109 Å². The molecule has 0 amide bonds. The zero-order chi connectivity index (χ0) is 13.0. The van der Waals surface area contributed by atoms with E-state index in [2.05, 4.69) is 59.0 Å². The standard InChI is InChI=1S/C15H21N3/c1-12(11-14-7-5-4-6-8-14)17-13(2)15-16-9-10-18(15)3/h4-10,12-13,17H,11H2,1-3H3. The topological polar surface area (TPSA) is 29.9 Å². The van der Waals surface area contributed by atoms with Crippen molar-refractivity contribution >= 4 is 0 Å². The van der Waals surface area contributed by atoms with Gasteiger partial charge in [0.1, 0.15) is 5.82 Å². The van der Waals surface area contributed by atoms with Crippen LogP contribution in [0.5, 0.6) is 0 Å². The Morgan fingerprint density at radius 1 is 1.22 bits per heavy atom. The van der Waals surface area contributed by atoms with Crippen LogP contribution >= 0.6 is 0 Å². The Kier molecular flexibility index (Phi) is 4.15. The van der Waals surface area contributed by atoms with E-state index < -0.39 is 0 Å². The monoisotopic (exact) mass is 243 g/mol. The fourth-order valence-corrected chi connectivity index (χ4v) is 2.32. The summed E-state index contributed by atoms with van der Waals surface area (Å²) >= 11 is 0. The normalized spacial score (nSPS) is 14.4. The Morgan fingerprint density at radius 2 is 1.94 bits per heavy atom. The maximum absolute atomic E-state index is 4.38. The van der Waals surface area contributed by atoms with E-state index in [0.29, 0.717) is 6.04 Å². The van der Waals surface area contributed by atoms with Crippen molar-refractivity contribution in [3.05, 3.63) is 54.1 Å². The zero-order valence-corrected chi connectivity index (χ0v) is 11.3. The molecule has 0 saturated heterocycles. The van der Waals surface area contributed by atoms with Gasteiger partial charge in [-0.15, -0.1) is 0 Å². The largest absolute Gasteiger partial charge is 0.337 e. The van der Waals surface area contributed by atoms with Crippen LogP contribution in [0.4, 0.5) is 0 Å². The van der Waals surface area contributed by atoms with Crippen LogP contribution in [0.3, 0.4) is 0 Å². The van der Waals surface area contributed by atoms with Gasteiger partial charge >= 0.3 is 0 Å². The fourth-order valence-electron chi connectivity index (χ4n) is 2.32. The highest BCUT2D eigenvalue weighted by Gasteiger charge is 2.13. The highest BCUT2D eigenvalue weighted by Crippen LogP contribution is 2.11. The van der Waals surface area contributed by atoms with Crippen molar-refractivity contribution in [2.24, 2.45) is 7.05 Å². The quantitative estimate of drug-likeness (QED) is 0.875. The molecule has 0 radical (unpaired) electrons. The average Bonchev–Trinajstić information content (AvgIpc) is 2.76. The molecule has 3 heteroatoms. The summed E-state index contributed by atoms with van der Waals surface area (Å²) in [5.41, 5.74) is 1.37. The second-order valence-corrected chi connectivity index (χ2v) is 4.88. The van der Waals surface area contributed by atoms with Crippen molar-refractivity contribution in [1.82, 2.24) is 14.9 Å². The van der Waals surface area contributed by atoms with Crippen molar-refractivity contribution in [3.8, 4) is 0 Å². The molecular formula is C15H21N3. The van der Waals surface area contributed by atoms with Crippen molar-refractivity contribution in [3.63, 3.8) is 0 Å². The Bertz CT molecular complexity index is 475. The van der Waals surface area contributed by atoms with Gasteiger partial charge in [0.05, 0.1) is 6.04 Å². The molecule has 0 aliphatic heterocycles. The molecule has 0 aliphatic carbocycles. The summed E-state index contributed by atoms with van der Waals surface area (Å²) < 4.78 is 2.06. The van der Waals surface area contributed by atoms with E-state index in [1.54, 1.807) is 0 Å². The predicted molar refractivity (Wildman–Crippen MR) is 74.4 cm³/mol. The molecule has 0 aliphatic rings. The Morgan fingerprint density at radius 3 is 2.56 bits per heavy atom. The third-order valence-corrected chi connectivity index (χ3v) is 3.16. The molecule has 1 aromatic carbocycles. The van der Waals surface area contributed by atoms with Gasteiger partial charge in [-0.2, -0.15) is 0 Å². The lowest BCUT2D eigenvalue weighted by Gasteiger charge is -2.20. The van der Waals surface area contributed by atoms with Crippen LogP contribution in [0.1, 0.15) is 31.3 Å². The van der Waals surface area contributed by atoms with Crippen LogP contribution in [0, 0.1) is 0 Å². The number of rotatable bonds is 5. The van der Waals surface area contributed by atoms with Gasteiger partial charge < -0.3 is 9.88 Å². The first-order chi connectivity index (χ1) is 8.66. The summed E-state index contributed by atoms with van der Waals surface area (Å²) in [6.07, 6.45) is 4.86. The summed E-state index contributed by atoms with van der Waals surface area (Å²) in [5.74, 6) is 1.08. The number of aromatic nitrogens is 2. The summed E-state index contributed by atoms with van der Waals surface area (Å²) in [4.78, 5) is 4.38. The van der Waals surface area contributed by atoms with Crippen molar-refractivity contribution < 1.29 is 0 Å². The first-order valence-corrected chi connectivity index (χ1v) is 6.44. The molecule has 2 rings (SSSR count). The first kappa shape index (κ1) is 12.8. The Balaban J connectivity index is 1.92. The average molecular weight is 243 g/mol. The van der Waals surface area contributed by atoms with Gasteiger partial charge in [0.15, 0.2) is 0 Å². The minimum atomic E-state index is 0.267. The number of hydrogen-bond acceptors (Lipinski definition) is 2. The molecule has 2 atom stereocenters. The maximum atomic E-state index is 4.38. The maximum Gasteiger partial charge on any atom is 0.125 e. The number of benzene rings is 1. The minimum absolute atomic E-state index is 0.267. The van der Waals surface area contributed by atoms with E-state index in [-0.39, 0.29) is 6.04 Å². The fraction of sp³-hybridized carbons (Fsp3) is 0.400. The molecule has 2 aromatic rings. The molecule has 3 nitrogen and oxygen atoms in total. The van der Waals surface area contributed by atoms with Gasteiger partial charge in [-0.3, -0.25) is 0 Å². The predicted octanol–water partition coefficient (Wildman–Crippen LogP) is 2.70. The highest BCUT2D eigenvalue weighted by atomic mass is 15.1. The first-order valence-electron chi connectivity index (χ1n) is 6.44. The molecular weight excluding hydrogens is 222 g/mol. The second kappa shape index (κ2) is 5.83. The summed E-state index contributed by atoms with van der Waals surface area (Å²) in [5, 5.41) is 3.59. The summed E-state index contributed by atoms with van der Waals surface area (Å²) in [7, 11) is 2.03. The van der Waals surface area contributed by atoms with Gasteiger partial charge in [0, 0.05) is 25.5 Å². The zero-order valence-electron chi connectivity index (χ0n) is 11.3. The van der Waals surface area contributed by atoms with Crippen molar-refractivity contribution in [2.45, 2.75) is 32.4 Å². The van der Waals surface area contributed by atoms with Gasteiger partial charge in [-0.05, 0) is 25.8 Å². The number of aryl methyl sites for hydroxylation is 1. The molecule has 0 spiro atoms. The molecule has 96 valence electrons. The van der Waals surface area contributed by atoms with Crippen LogP contribution in [0.15, 0.2) is 42.7 Å². The number of nitrogens with one attached hydrogen (secondary N) is 1. The number of nitrogens with zero attached hydrogens (tertiary/aromatic N) is 2. The smallest absolute Gasteiger partial charge is 0.125 e. The molecule has 2 unspecified atom stereocenters. The van der Waals surface area contributed by atoms with Crippen molar-refractivity contribution in [1.29, 1.82) is 0 Å². The minimum Gasteiger partial charge on any atom is -0.337 e. The van der Waals surface area contributed by atoms with E-state index in [0.717, 1.165) is 12.2 Å². The van der Waals surface area contributed by atoms with Crippen LogP contribution in [-0.2, 0) is 13.5 Å². The summed E-state index contributed by atoms with van der Waals surface area (Å²) in [6.45, 7) is 4.37. The molecule has 0 fully saturated rings.